The highest BCUT2D eigenvalue weighted by atomic mass is 32.1. The van der Waals surface area contributed by atoms with Gasteiger partial charge in [0.05, 0.1) is 21.6 Å². The summed E-state index contributed by atoms with van der Waals surface area (Å²) in [6.45, 7) is 2.44. The number of nitrogens with one attached hydrogen (secondary N) is 1. The zero-order valence-corrected chi connectivity index (χ0v) is 13.3. The van der Waals surface area contributed by atoms with Gasteiger partial charge in [-0.15, -0.1) is 11.3 Å². The maximum absolute atomic E-state index is 8.21. The van der Waals surface area contributed by atoms with E-state index in [1.165, 1.54) is 15.8 Å². The van der Waals surface area contributed by atoms with Gasteiger partial charge in [0.15, 0.2) is 0 Å². The summed E-state index contributed by atoms with van der Waals surface area (Å²) >= 11 is 1.75. The molecule has 0 spiro atoms. The molecule has 1 N–H and O–H groups in total. The van der Waals surface area contributed by atoms with Crippen molar-refractivity contribution in [2.45, 2.75) is 13.3 Å². The summed E-state index contributed by atoms with van der Waals surface area (Å²) in [5.74, 6) is 0.455. The third-order valence-electron chi connectivity index (χ3n) is 3.78. The Morgan fingerprint density at radius 2 is 2.14 bits per heavy atom. The number of aromatic nitrogens is 2. The number of thiophene rings is 1. The Hall–Kier alpha value is -1.85. The monoisotopic (exact) mass is 301 g/mol. The van der Waals surface area contributed by atoms with Gasteiger partial charge in [0, 0.05) is 20.4 Å². The third kappa shape index (κ3) is 2.32. The topological polar surface area (TPSA) is 42.9 Å². The van der Waals surface area contributed by atoms with Crippen LogP contribution in [0.4, 0.5) is 0 Å². The predicted octanol–water partition coefficient (Wildman–Crippen LogP) is 3.74. The van der Waals surface area contributed by atoms with Crippen LogP contribution in [-0.4, -0.2) is 28.7 Å². The molecule has 21 heavy (non-hydrogen) atoms. The first-order valence-electron chi connectivity index (χ1n) is 6.97. The molecule has 0 aliphatic rings. The first-order chi connectivity index (χ1) is 10.2. The number of nitrogens with zero attached hydrogens (tertiary/aromatic N) is 2. The van der Waals surface area contributed by atoms with Crippen LogP contribution in [-0.2, 0) is 18.2 Å². The molecular weight excluding hydrogens is 282 g/mol. The van der Waals surface area contributed by atoms with Gasteiger partial charge >= 0.3 is 0 Å². The van der Waals surface area contributed by atoms with E-state index < -0.39 is 0 Å². The van der Waals surface area contributed by atoms with Gasteiger partial charge in [-0.1, -0.05) is 6.92 Å². The van der Waals surface area contributed by atoms with Gasteiger partial charge in [-0.25, -0.2) is 0 Å². The van der Waals surface area contributed by atoms with Crippen LogP contribution in [0, 0.1) is 5.41 Å². The van der Waals surface area contributed by atoms with Crippen LogP contribution < -0.4 is 0 Å². The number of rotatable bonds is 4. The summed E-state index contributed by atoms with van der Waals surface area (Å²) in [6, 6.07) is 6.51. The van der Waals surface area contributed by atoms with E-state index >= 15 is 0 Å². The zero-order chi connectivity index (χ0) is 15.0. The molecule has 5 heteroatoms. The van der Waals surface area contributed by atoms with Crippen molar-refractivity contribution in [1.82, 2.24) is 9.13 Å². The fourth-order valence-electron chi connectivity index (χ4n) is 2.63. The molecule has 4 nitrogen and oxygen atoms in total. The number of aryl methyl sites for hydroxylation is 2. The Labute approximate surface area is 128 Å². The average molecular weight is 301 g/mol. The molecule has 0 aromatic carbocycles. The van der Waals surface area contributed by atoms with E-state index in [1.807, 2.05) is 10.8 Å². The number of hydrogen-bond acceptors (Lipinski definition) is 3. The summed E-state index contributed by atoms with van der Waals surface area (Å²) in [7, 11) is 3.70. The molecule has 0 atom stereocenters. The lowest BCUT2D eigenvalue weighted by Gasteiger charge is -2.10. The number of hydrogen-bond donors (Lipinski definition) is 1. The van der Waals surface area contributed by atoms with Crippen molar-refractivity contribution < 1.29 is 4.74 Å². The van der Waals surface area contributed by atoms with E-state index in [4.69, 9.17) is 10.1 Å². The smallest absolute Gasteiger partial charge is 0.131 e. The normalized spacial score (nSPS) is 11.4. The van der Waals surface area contributed by atoms with E-state index in [0.29, 0.717) is 12.4 Å². The van der Waals surface area contributed by atoms with Crippen molar-refractivity contribution in [3.63, 3.8) is 0 Å². The highest BCUT2D eigenvalue weighted by Gasteiger charge is 2.16. The summed E-state index contributed by atoms with van der Waals surface area (Å²) < 4.78 is 10.5. The van der Waals surface area contributed by atoms with Gasteiger partial charge < -0.3 is 13.9 Å². The largest absolute Gasteiger partial charge is 0.377 e. The predicted molar refractivity (Wildman–Crippen MR) is 88.6 cm³/mol. The quantitative estimate of drug-likeness (QED) is 0.579. The molecule has 0 amide bonds. The standard InChI is InChI=1S/C16H19N3OS/c1-4-11-7-14(19(9-11)16(17)10-20-3)13-8-15-12(18(13)2)5-6-21-15/h5-9,17H,4,10H2,1-3H3. The molecule has 3 heterocycles. The van der Waals surface area contributed by atoms with E-state index in [0.717, 1.165) is 17.8 Å². The lowest BCUT2D eigenvalue weighted by atomic mass is 10.2. The molecule has 110 valence electrons. The molecule has 0 bridgehead atoms. The molecule has 0 radical (unpaired) electrons. The van der Waals surface area contributed by atoms with Crippen molar-refractivity contribution >= 4 is 27.4 Å². The first-order valence-corrected chi connectivity index (χ1v) is 7.85. The van der Waals surface area contributed by atoms with Crippen LogP contribution in [0.3, 0.4) is 0 Å². The Kier molecular flexibility index (Phi) is 3.69. The van der Waals surface area contributed by atoms with Crippen molar-refractivity contribution in [2.24, 2.45) is 7.05 Å². The maximum Gasteiger partial charge on any atom is 0.131 e. The summed E-state index contributed by atoms with van der Waals surface area (Å²) in [5.41, 5.74) is 4.66. The molecular formula is C16H19N3OS. The number of fused-ring (bicyclic) bond motifs is 1. The average Bonchev–Trinajstić information content (AvgIpc) is 3.15. The zero-order valence-electron chi connectivity index (χ0n) is 12.5. The summed E-state index contributed by atoms with van der Waals surface area (Å²) in [4.78, 5) is 0. The third-order valence-corrected chi connectivity index (χ3v) is 4.64. The van der Waals surface area contributed by atoms with Crippen molar-refractivity contribution in [1.29, 1.82) is 5.41 Å². The fraction of sp³-hybridized carbons (Fsp3) is 0.312. The van der Waals surface area contributed by atoms with Gasteiger partial charge in [0.2, 0.25) is 0 Å². The molecule has 0 saturated heterocycles. The van der Waals surface area contributed by atoms with E-state index in [9.17, 15) is 0 Å². The highest BCUT2D eigenvalue weighted by Crippen LogP contribution is 2.31. The Morgan fingerprint density at radius 1 is 1.33 bits per heavy atom. The van der Waals surface area contributed by atoms with Crippen molar-refractivity contribution in [3.05, 3.63) is 35.3 Å². The van der Waals surface area contributed by atoms with Gasteiger partial charge in [-0.3, -0.25) is 5.41 Å². The molecule has 3 aromatic heterocycles. The minimum Gasteiger partial charge on any atom is -0.377 e. The van der Waals surface area contributed by atoms with Crippen LogP contribution in [0.15, 0.2) is 29.8 Å². The molecule has 3 aromatic rings. The Bertz CT molecular complexity index is 794. The van der Waals surface area contributed by atoms with E-state index in [-0.39, 0.29) is 0 Å². The first kappa shape index (κ1) is 14.1. The Balaban J connectivity index is 2.16. The molecule has 0 unspecified atom stereocenters. The maximum atomic E-state index is 8.21. The second-order valence-electron chi connectivity index (χ2n) is 5.10. The van der Waals surface area contributed by atoms with Gasteiger partial charge in [-0.2, -0.15) is 0 Å². The minimum atomic E-state index is 0.309. The fourth-order valence-corrected chi connectivity index (χ4v) is 3.48. The minimum absolute atomic E-state index is 0.309. The van der Waals surface area contributed by atoms with E-state index in [1.54, 1.807) is 18.4 Å². The molecule has 3 rings (SSSR count). The second-order valence-corrected chi connectivity index (χ2v) is 6.04. The highest BCUT2D eigenvalue weighted by molar-refractivity contribution is 7.17. The van der Waals surface area contributed by atoms with Crippen LogP contribution >= 0.6 is 11.3 Å². The molecule has 0 aliphatic carbocycles. The van der Waals surface area contributed by atoms with Crippen molar-refractivity contribution in [3.8, 4) is 11.4 Å². The summed E-state index contributed by atoms with van der Waals surface area (Å²) in [6.07, 6.45) is 3.00. The molecule has 0 fully saturated rings. The van der Waals surface area contributed by atoms with Gasteiger partial charge in [0.1, 0.15) is 12.4 Å². The van der Waals surface area contributed by atoms with E-state index in [2.05, 4.69) is 42.1 Å². The van der Waals surface area contributed by atoms with Crippen LogP contribution in [0.1, 0.15) is 12.5 Å². The van der Waals surface area contributed by atoms with Gasteiger partial charge in [0.25, 0.3) is 0 Å². The number of ether oxygens (including phenoxy) is 1. The number of methoxy groups -OCH3 is 1. The lowest BCUT2D eigenvalue weighted by Crippen LogP contribution is -2.17. The SMILES string of the molecule is CCc1cc(-c2cc3sccc3n2C)n(C(=N)COC)c1. The molecule has 0 aliphatic heterocycles. The van der Waals surface area contributed by atoms with Crippen LogP contribution in [0.2, 0.25) is 0 Å². The van der Waals surface area contributed by atoms with Gasteiger partial charge in [-0.05, 0) is 35.6 Å². The lowest BCUT2D eigenvalue weighted by molar-refractivity contribution is 0.242. The van der Waals surface area contributed by atoms with Crippen molar-refractivity contribution in [2.75, 3.05) is 13.7 Å². The second kappa shape index (κ2) is 5.50. The van der Waals surface area contributed by atoms with Crippen LogP contribution in [0.5, 0.6) is 0 Å². The summed E-state index contributed by atoms with van der Waals surface area (Å²) in [5, 5.41) is 10.3. The Morgan fingerprint density at radius 3 is 2.81 bits per heavy atom. The molecule has 0 saturated carbocycles. The van der Waals surface area contributed by atoms with Crippen LogP contribution in [0.25, 0.3) is 21.6 Å².